The van der Waals surface area contributed by atoms with E-state index in [0.29, 0.717) is 0 Å². The van der Waals surface area contributed by atoms with Gasteiger partial charge in [-0.25, -0.2) is 0 Å². The Morgan fingerprint density at radius 2 is 1.17 bits per heavy atom. The number of fused-ring (bicyclic) bond motifs is 5. The van der Waals surface area contributed by atoms with Gasteiger partial charge in [-0.1, -0.05) is 97.1 Å². The highest BCUT2D eigenvalue weighted by atomic mass is 16.7. The van der Waals surface area contributed by atoms with Crippen LogP contribution in [0.25, 0.3) is 60.2 Å². The highest BCUT2D eigenvalue weighted by molar-refractivity contribution is 6.62. The maximum absolute atomic E-state index is 6.41. The maximum atomic E-state index is 6.41. The molecular weight excluding hydrogens is 513 g/mol. The zero-order valence-electron chi connectivity index (χ0n) is 24.4. The Balaban J connectivity index is 1.33. The fourth-order valence-corrected chi connectivity index (χ4v) is 6.46. The predicted octanol–water partition coefficient (Wildman–Crippen LogP) is 9.06. The Kier molecular flexibility index (Phi) is 5.47. The molecule has 4 heteroatoms. The number of hydrogen-bond donors (Lipinski definition) is 0. The molecule has 0 spiro atoms. The third-order valence-electron chi connectivity index (χ3n) is 9.42. The average Bonchev–Trinajstić information content (AvgIpc) is 3.44. The molecule has 1 saturated heterocycles. The summed E-state index contributed by atoms with van der Waals surface area (Å²) in [4.78, 5) is 0. The van der Waals surface area contributed by atoms with Crippen molar-refractivity contribution < 1.29 is 9.31 Å². The molecule has 1 fully saturated rings. The van der Waals surface area contributed by atoms with E-state index >= 15 is 0 Å². The molecule has 0 atom stereocenters. The predicted molar refractivity (Wildman–Crippen MR) is 177 cm³/mol. The molecule has 1 aliphatic heterocycles. The van der Waals surface area contributed by atoms with Crippen LogP contribution in [0, 0.1) is 0 Å². The van der Waals surface area contributed by atoms with Gasteiger partial charge in [0.05, 0.1) is 27.9 Å². The van der Waals surface area contributed by atoms with Gasteiger partial charge in [-0.05, 0) is 84.7 Å². The summed E-state index contributed by atoms with van der Waals surface area (Å²) in [5.41, 5.74) is 6.26. The van der Waals surface area contributed by atoms with Crippen LogP contribution in [0.4, 0.5) is 0 Å². The van der Waals surface area contributed by atoms with Crippen molar-refractivity contribution in [2.24, 2.45) is 0 Å². The number of benzene rings is 6. The highest BCUT2D eigenvalue weighted by Crippen LogP contribution is 2.40. The van der Waals surface area contributed by atoms with Crippen LogP contribution in [-0.2, 0) is 9.31 Å². The average molecular weight is 545 g/mol. The van der Waals surface area contributed by atoms with Crippen LogP contribution in [0.1, 0.15) is 27.7 Å². The van der Waals surface area contributed by atoms with Gasteiger partial charge in [0.15, 0.2) is 0 Å². The summed E-state index contributed by atoms with van der Waals surface area (Å²) in [7, 11) is -0.399. The monoisotopic (exact) mass is 545 g/mol. The van der Waals surface area contributed by atoms with Crippen LogP contribution < -0.4 is 5.46 Å². The molecule has 0 amide bonds. The van der Waals surface area contributed by atoms with E-state index in [9.17, 15) is 0 Å². The first-order valence-electron chi connectivity index (χ1n) is 14.7. The molecule has 0 bridgehead atoms. The first kappa shape index (κ1) is 25.3. The Morgan fingerprint density at radius 1 is 0.524 bits per heavy atom. The largest absolute Gasteiger partial charge is 0.494 e. The second-order valence-electron chi connectivity index (χ2n) is 12.5. The van der Waals surface area contributed by atoms with Crippen LogP contribution in [0.5, 0.6) is 0 Å². The lowest BCUT2D eigenvalue weighted by Crippen LogP contribution is -2.41. The SMILES string of the molecule is CC1(C)OB(c2ccc3c(c2)c2ccccc2n3-c2ccc(-c3ccc4ccccc4c3)c3ccccc23)OC1(C)C. The summed E-state index contributed by atoms with van der Waals surface area (Å²) in [6, 6.07) is 43.9. The summed E-state index contributed by atoms with van der Waals surface area (Å²) in [6.45, 7) is 8.41. The molecule has 0 saturated carbocycles. The second-order valence-corrected chi connectivity index (χ2v) is 12.5. The van der Waals surface area contributed by atoms with Crippen LogP contribution in [-0.4, -0.2) is 22.9 Å². The van der Waals surface area contributed by atoms with Gasteiger partial charge in [-0.3, -0.25) is 0 Å². The van der Waals surface area contributed by atoms with Crippen molar-refractivity contribution in [3.05, 3.63) is 121 Å². The molecule has 0 aliphatic carbocycles. The van der Waals surface area contributed by atoms with Gasteiger partial charge in [0.1, 0.15) is 0 Å². The van der Waals surface area contributed by atoms with E-state index in [0.717, 1.165) is 5.46 Å². The van der Waals surface area contributed by atoms with E-state index < -0.39 is 7.12 Å². The minimum Gasteiger partial charge on any atom is -0.399 e. The molecule has 0 N–H and O–H groups in total. The smallest absolute Gasteiger partial charge is 0.399 e. The Hall–Kier alpha value is -4.38. The third kappa shape index (κ3) is 3.76. The molecule has 0 unspecified atom stereocenters. The van der Waals surface area contributed by atoms with Crippen LogP contribution >= 0.6 is 0 Å². The second kappa shape index (κ2) is 9.06. The van der Waals surface area contributed by atoms with Crippen LogP contribution in [0.3, 0.4) is 0 Å². The minimum atomic E-state index is -0.399. The molecule has 0 radical (unpaired) electrons. The summed E-state index contributed by atoms with van der Waals surface area (Å²) in [6.07, 6.45) is 0. The molecular formula is C38H32BNO2. The third-order valence-corrected chi connectivity index (χ3v) is 9.42. The molecule has 3 nitrogen and oxygen atoms in total. The van der Waals surface area contributed by atoms with E-state index in [1.807, 2.05) is 0 Å². The van der Waals surface area contributed by atoms with Gasteiger partial charge in [0, 0.05) is 16.2 Å². The van der Waals surface area contributed by atoms with Gasteiger partial charge in [0.25, 0.3) is 0 Å². The van der Waals surface area contributed by atoms with Crippen molar-refractivity contribution in [2.45, 2.75) is 38.9 Å². The molecule has 1 aromatic heterocycles. The molecule has 8 rings (SSSR count). The van der Waals surface area contributed by atoms with E-state index in [4.69, 9.17) is 9.31 Å². The summed E-state index contributed by atoms with van der Waals surface area (Å²) in [5, 5.41) is 7.38. The van der Waals surface area contributed by atoms with Crippen LogP contribution in [0.15, 0.2) is 121 Å². The van der Waals surface area contributed by atoms with Crippen molar-refractivity contribution in [1.29, 1.82) is 0 Å². The zero-order chi connectivity index (χ0) is 28.6. The summed E-state index contributed by atoms with van der Waals surface area (Å²) in [5.74, 6) is 0. The quantitative estimate of drug-likeness (QED) is 0.207. The van der Waals surface area contributed by atoms with Gasteiger partial charge >= 0.3 is 7.12 Å². The zero-order valence-corrected chi connectivity index (χ0v) is 24.4. The van der Waals surface area contributed by atoms with Gasteiger partial charge in [-0.15, -0.1) is 0 Å². The molecule has 2 heterocycles. The number of nitrogens with zero attached hydrogens (tertiary/aromatic N) is 1. The minimum absolute atomic E-state index is 0.383. The lowest BCUT2D eigenvalue weighted by molar-refractivity contribution is 0.00578. The Morgan fingerprint density at radius 3 is 1.95 bits per heavy atom. The number of rotatable bonds is 3. The maximum Gasteiger partial charge on any atom is 0.494 e. The summed E-state index contributed by atoms with van der Waals surface area (Å²) < 4.78 is 15.2. The van der Waals surface area contributed by atoms with Gasteiger partial charge < -0.3 is 13.9 Å². The fourth-order valence-electron chi connectivity index (χ4n) is 6.46. The van der Waals surface area contributed by atoms with Gasteiger partial charge in [-0.2, -0.15) is 0 Å². The number of para-hydroxylation sites is 1. The lowest BCUT2D eigenvalue weighted by Gasteiger charge is -2.32. The van der Waals surface area contributed by atoms with Crippen molar-refractivity contribution in [1.82, 2.24) is 4.57 Å². The molecule has 7 aromatic rings. The Bertz CT molecular complexity index is 2160. The van der Waals surface area contributed by atoms with E-state index in [-0.39, 0.29) is 11.2 Å². The molecule has 1 aliphatic rings. The first-order chi connectivity index (χ1) is 20.3. The normalized spacial score (nSPS) is 16.2. The van der Waals surface area contributed by atoms with E-state index in [1.165, 1.54) is 60.2 Å². The fraction of sp³-hybridized carbons (Fsp3) is 0.158. The highest BCUT2D eigenvalue weighted by Gasteiger charge is 2.51. The number of hydrogen-bond acceptors (Lipinski definition) is 2. The van der Waals surface area contributed by atoms with Crippen molar-refractivity contribution in [3.8, 4) is 16.8 Å². The van der Waals surface area contributed by atoms with Crippen molar-refractivity contribution in [3.63, 3.8) is 0 Å². The van der Waals surface area contributed by atoms with E-state index in [1.54, 1.807) is 0 Å². The molecule has 204 valence electrons. The lowest BCUT2D eigenvalue weighted by atomic mass is 9.78. The van der Waals surface area contributed by atoms with Crippen LogP contribution in [0.2, 0.25) is 0 Å². The molecule has 6 aromatic carbocycles. The Labute approximate surface area is 246 Å². The first-order valence-corrected chi connectivity index (χ1v) is 14.7. The van der Waals surface area contributed by atoms with Crippen molar-refractivity contribution >= 4 is 55.9 Å². The number of aromatic nitrogens is 1. The standard InChI is InChI=1S/C38H32BNO2/c1-37(2)38(3,4)42-39(41-37)28-19-21-36-33(24-28)32-15-9-10-16-34(32)40(36)35-22-20-29(30-13-7-8-14-31(30)35)27-18-17-25-11-5-6-12-26(25)23-27/h5-24H,1-4H3. The van der Waals surface area contributed by atoms with Crippen molar-refractivity contribution in [2.75, 3.05) is 0 Å². The van der Waals surface area contributed by atoms with Gasteiger partial charge in [0.2, 0.25) is 0 Å². The molecule has 42 heavy (non-hydrogen) atoms. The van der Waals surface area contributed by atoms with E-state index in [2.05, 4.69) is 154 Å². The topological polar surface area (TPSA) is 23.4 Å². The summed E-state index contributed by atoms with van der Waals surface area (Å²) >= 11 is 0.